The number of anilines is 3. The molecule has 0 saturated carbocycles. The van der Waals surface area contributed by atoms with Gasteiger partial charge in [0.1, 0.15) is 6.04 Å². The number of nitrogens with one attached hydrogen (secondary N) is 1. The summed E-state index contributed by atoms with van der Waals surface area (Å²) in [5.41, 5.74) is 2.35. The normalized spacial score (nSPS) is 23.5. The third kappa shape index (κ3) is 3.63. The number of carbonyl (C=O) groups is 3. The molecule has 0 radical (unpaired) electrons. The van der Waals surface area contributed by atoms with Gasteiger partial charge in [0.25, 0.3) is 5.69 Å². The Morgan fingerprint density at radius 2 is 1.68 bits per heavy atom. The summed E-state index contributed by atoms with van der Waals surface area (Å²) in [6.45, 7) is 0. The van der Waals surface area contributed by atoms with E-state index in [0.29, 0.717) is 11.4 Å². The number of halogens is 1. The molecule has 37 heavy (non-hydrogen) atoms. The molecule has 1 N–H and O–H groups in total. The summed E-state index contributed by atoms with van der Waals surface area (Å²) in [5, 5.41) is 13.8. The predicted octanol–water partition coefficient (Wildman–Crippen LogP) is 4.39. The average molecular weight is 559 g/mol. The molecule has 0 aromatic heterocycles. The lowest BCUT2D eigenvalue weighted by Crippen LogP contribution is -2.50. The number of nitro groups is 1. The second-order valence-corrected chi connectivity index (χ2v) is 10.0. The van der Waals surface area contributed by atoms with Crippen LogP contribution in [0.3, 0.4) is 0 Å². The molecule has 3 aliphatic heterocycles. The van der Waals surface area contributed by atoms with E-state index in [2.05, 4.69) is 21.2 Å². The molecule has 3 aromatic rings. The summed E-state index contributed by atoms with van der Waals surface area (Å²) in [5.74, 6) is -2.90. The number of para-hydroxylation sites is 1. The van der Waals surface area contributed by atoms with Crippen molar-refractivity contribution in [3.05, 3.63) is 99.0 Å². The van der Waals surface area contributed by atoms with Gasteiger partial charge in [0.2, 0.25) is 17.7 Å². The summed E-state index contributed by atoms with van der Waals surface area (Å²) < 4.78 is 0.725. The fraction of sp³-hybridized carbons (Fsp3) is 0.148. The fourth-order valence-electron chi connectivity index (χ4n) is 5.57. The number of benzene rings is 3. The second kappa shape index (κ2) is 8.67. The first kappa shape index (κ1) is 23.1. The van der Waals surface area contributed by atoms with Crippen molar-refractivity contribution >= 4 is 62.5 Å². The highest BCUT2D eigenvalue weighted by Crippen LogP contribution is 2.49. The predicted molar refractivity (Wildman–Crippen MR) is 141 cm³/mol. The minimum absolute atomic E-state index is 0.102. The molecule has 4 atom stereocenters. The molecule has 3 heterocycles. The molecule has 3 amide bonds. The van der Waals surface area contributed by atoms with Gasteiger partial charge in [-0.2, -0.15) is 0 Å². The first-order chi connectivity index (χ1) is 17.8. The number of amides is 3. The molecule has 0 unspecified atom stereocenters. The van der Waals surface area contributed by atoms with Crippen molar-refractivity contribution in [2.24, 2.45) is 11.8 Å². The number of hydrogen-bond donors (Lipinski definition) is 1. The lowest BCUT2D eigenvalue weighted by Gasteiger charge is -2.36. The van der Waals surface area contributed by atoms with E-state index in [1.807, 2.05) is 41.3 Å². The smallest absolute Gasteiger partial charge is 0.269 e. The average Bonchev–Trinajstić information content (AvgIpc) is 3.37. The van der Waals surface area contributed by atoms with E-state index in [9.17, 15) is 24.5 Å². The molecule has 6 rings (SSSR count). The third-order valence-electron chi connectivity index (χ3n) is 7.10. The Hall–Kier alpha value is -4.31. The molecule has 0 aliphatic carbocycles. The number of fused-ring (bicyclic) bond motifs is 5. The number of nitro benzene ring substituents is 1. The van der Waals surface area contributed by atoms with Gasteiger partial charge >= 0.3 is 0 Å². The van der Waals surface area contributed by atoms with E-state index in [1.54, 1.807) is 24.3 Å². The Kier molecular flexibility index (Phi) is 5.41. The van der Waals surface area contributed by atoms with Crippen LogP contribution < -0.4 is 15.1 Å². The summed E-state index contributed by atoms with van der Waals surface area (Å²) in [4.78, 5) is 54.9. The van der Waals surface area contributed by atoms with Crippen molar-refractivity contribution in [2.45, 2.75) is 12.1 Å². The van der Waals surface area contributed by atoms with Crippen molar-refractivity contribution in [2.75, 3.05) is 15.1 Å². The minimum Gasteiger partial charge on any atom is -0.351 e. The molecular weight excluding hydrogens is 540 g/mol. The Morgan fingerprint density at radius 1 is 0.946 bits per heavy atom. The summed E-state index contributed by atoms with van der Waals surface area (Å²) in [7, 11) is 0. The largest absolute Gasteiger partial charge is 0.351 e. The standard InChI is InChI=1S/C27H19BrN4O5/c28-16-5-3-6-19(14-16)30-26(34)22-21-13-8-15-4-1-2-7-20(15)31(21)24(23(22)27(30)35)25(33)29-17-9-11-18(12-10-17)32(36)37/h1-14,21-24H,(H,29,33)/t21-,22+,23-,24+/m1/s1. The van der Waals surface area contributed by atoms with Crippen LogP contribution in [-0.4, -0.2) is 34.7 Å². The van der Waals surface area contributed by atoms with Crippen molar-refractivity contribution < 1.29 is 19.3 Å². The van der Waals surface area contributed by atoms with E-state index in [0.717, 1.165) is 15.7 Å². The maximum absolute atomic E-state index is 13.8. The zero-order valence-electron chi connectivity index (χ0n) is 19.2. The monoisotopic (exact) mass is 558 g/mol. The SMILES string of the molecule is O=C(Nc1ccc([N+](=O)[O-])cc1)[C@@H]1[C@@H]2C(=O)N(c3cccc(Br)c3)C(=O)[C@H]2[C@H]2C=Cc3ccccc3N21. The van der Waals surface area contributed by atoms with Crippen molar-refractivity contribution in [3.8, 4) is 0 Å². The van der Waals surface area contributed by atoms with Gasteiger partial charge < -0.3 is 10.2 Å². The van der Waals surface area contributed by atoms with Crippen LogP contribution in [0.5, 0.6) is 0 Å². The van der Waals surface area contributed by atoms with Gasteiger partial charge in [-0.25, -0.2) is 4.90 Å². The molecule has 2 saturated heterocycles. The molecule has 0 bridgehead atoms. The Morgan fingerprint density at radius 3 is 2.41 bits per heavy atom. The van der Waals surface area contributed by atoms with Crippen molar-refractivity contribution in [1.82, 2.24) is 0 Å². The number of non-ortho nitro benzene ring substituents is 1. The first-order valence-corrected chi connectivity index (χ1v) is 12.4. The highest BCUT2D eigenvalue weighted by Gasteiger charge is 2.64. The number of rotatable bonds is 4. The topological polar surface area (TPSA) is 113 Å². The molecule has 10 heteroatoms. The van der Waals surface area contributed by atoms with E-state index < -0.39 is 40.7 Å². The lowest BCUT2D eigenvalue weighted by atomic mass is 9.88. The van der Waals surface area contributed by atoms with Gasteiger partial charge in [0.05, 0.1) is 28.5 Å². The zero-order valence-corrected chi connectivity index (χ0v) is 20.7. The number of nitrogens with zero attached hydrogens (tertiary/aromatic N) is 3. The van der Waals surface area contributed by atoms with Gasteiger partial charge in [0, 0.05) is 28.0 Å². The van der Waals surface area contributed by atoms with Crippen LogP contribution in [0.1, 0.15) is 5.56 Å². The Balaban J connectivity index is 1.41. The first-order valence-electron chi connectivity index (χ1n) is 11.6. The van der Waals surface area contributed by atoms with Crippen LogP contribution in [0, 0.1) is 22.0 Å². The van der Waals surface area contributed by atoms with Gasteiger partial charge in [-0.05, 0) is 42.0 Å². The highest BCUT2D eigenvalue weighted by molar-refractivity contribution is 9.10. The van der Waals surface area contributed by atoms with Crippen molar-refractivity contribution in [1.29, 1.82) is 0 Å². The quantitative estimate of drug-likeness (QED) is 0.288. The third-order valence-corrected chi connectivity index (χ3v) is 7.59. The molecule has 9 nitrogen and oxygen atoms in total. The van der Waals surface area contributed by atoms with Crippen LogP contribution in [0.4, 0.5) is 22.7 Å². The highest BCUT2D eigenvalue weighted by atomic mass is 79.9. The maximum atomic E-state index is 13.8. The maximum Gasteiger partial charge on any atom is 0.269 e. The molecule has 2 fully saturated rings. The Bertz CT molecular complexity index is 1500. The Labute approximate surface area is 219 Å². The van der Waals surface area contributed by atoms with Gasteiger partial charge in [0.15, 0.2) is 0 Å². The van der Waals surface area contributed by atoms with Gasteiger partial charge in [-0.3, -0.25) is 24.5 Å². The summed E-state index contributed by atoms with van der Waals surface area (Å²) >= 11 is 3.40. The van der Waals surface area contributed by atoms with Gasteiger partial charge in [-0.15, -0.1) is 0 Å². The molecular formula is C27H19BrN4O5. The van der Waals surface area contributed by atoms with Crippen LogP contribution in [0.25, 0.3) is 6.08 Å². The van der Waals surface area contributed by atoms with Crippen molar-refractivity contribution in [3.63, 3.8) is 0 Å². The van der Waals surface area contributed by atoms with E-state index in [4.69, 9.17) is 0 Å². The van der Waals surface area contributed by atoms with Crippen LogP contribution in [-0.2, 0) is 14.4 Å². The zero-order chi connectivity index (χ0) is 25.8. The van der Waals surface area contributed by atoms with Crippen LogP contribution >= 0.6 is 15.9 Å². The number of hydrogen-bond acceptors (Lipinski definition) is 6. The minimum atomic E-state index is -0.968. The van der Waals surface area contributed by atoms with E-state index in [1.165, 1.54) is 29.2 Å². The number of imide groups is 1. The molecule has 3 aliphatic rings. The summed E-state index contributed by atoms with van der Waals surface area (Å²) in [6, 6.07) is 18.5. The van der Waals surface area contributed by atoms with Gasteiger partial charge in [-0.1, -0.05) is 52.3 Å². The van der Waals surface area contributed by atoms with E-state index >= 15 is 0 Å². The van der Waals surface area contributed by atoms with E-state index in [-0.39, 0.29) is 11.6 Å². The number of carbonyl (C=O) groups excluding carboxylic acids is 3. The molecule has 0 spiro atoms. The van der Waals surface area contributed by atoms with Crippen LogP contribution in [0.2, 0.25) is 0 Å². The lowest BCUT2D eigenvalue weighted by molar-refractivity contribution is -0.384. The molecule has 184 valence electrons. The van der Waals surface area contributed by atoms with Crippen LogP contribution in [0.15, 0.2) is 83.3 Å². The summed E-state index contributed by atoms with van der Waals surface area (Å²) in [6.07, 6.45) is 3.80. The fourth-order valence-corrected chi connectivity index (χ4v) is 5.95. The molecule has 3 aromatic carbocycles. The second-order valence-electron chi connectivity index (χ2n) is 9.10.